The number of esters is 1. The molecule has 3 heteroatoms. The van der Waals surface area contributed by atoms with Gasteiger partial charge in [-0.25, -0.2) is 0 Å². The molecular weight excluding hydrogens is 276 g/mol. The molecule has 5 rings (SSSR count). The van der Waals surface area contributed by atoms with Gasteiger partial charge >= 0.3 is 5.97 Å². The highest BCUT2D eigenvalue weighted by molar-refractivity contribution is 5.98. The lowest BCUT2D eigenvalue weighted by molar-refractivity contribution is -0.161. The number of ketones is 1. The van der Waals surface area contributed by atoms with E-state index in [-0.39, 0.29) is 24.3 Å². The van der Waals surface area contributed by atoms with Crippen LogP contribution in [0.2, 0.25) is 0 Å². The normalized spacial score (nSPS) is 35.4. The highest BCUT2D eigenvalue weighted by Crippen LogP contribution is 2.56. The molecule has 0 heterocycles. The van der Waals surface area contributed by atoms with Gasteiger partial charge in [-0.3, -0.25) is 9.59 Å². The first-order chi connectivity index (χ1) is 10.7. The smallest absolute Gasteiger partial charge is 0.309 e. The lowest BCUT2D eigenvalue weighted by Gasteiger charge is -2.53. The molecule has 116 valence electrons. The summed E-state index contributed by atoms with van der Waals surface area (Å²) in [5.41, 5.74) is 0.611. The van der Waals surface area contributed by atoms with Crippen molar-refractivity contribution in [2.45, 2.75) is 32.1 Å². The minimum absolute atomic E-state index is 0.0522. The Morgan fingerprint density at radius 2 is 1.50 bits per heavy atom. The van der Waals surface area contributed by atoms with E-state index >= 15 is 0 Å². The summed E-state index contributed by atoms with van der Waals surface area (Å²) in [5.74, 6) is 2.52. The Hall–Kier alpha value is -1.64. The number of ether oxygens (including phenoxy) is 1. The summed E-state index contributed by atoms with van der Waals surface area (Å²) >= 11 is 0. The summed E-state index contributed by atoms with van der Waals surface area (Å²) < 4.78 is 5.40. The molecule has 22 heavy (non-hydrogen) atoms. The van der Waals surface area contributed by atoms with Crippen molar-refractivity contribution in [1.29, 1.82) is 0 Å². The minimum atomic E-state index is -0.127. The van der Waals surface area contributed by atoms with Gasteiger partial charge in [0.15, 0.2) is 12.4 Å². The van der Waals surface area contributed by atoms with Crippen molar-refractivity contribution in [1.82, 2.24) is 0 Å². The number of carbonyl (C=O) groups is 2. The van der Waals surface area contributed by atoms with Crippen LogP contribution in [0.3, 0.4) is 0 Å². The van der Waals surface area contributed by atoms with Crippen LogP contribution < -0.4 is 0 Å². The van der Waals surface area contributed by atoms with E-state index in [1.807, 2.05) is 18.2 Å². The molecular formula is C19H22O3. The van der Waals surface area contributed by atoms with Gasteiger partial charge in [0.2, 0.25) is 0 Å². The van der Waals surface area contributed by atoms with E-state index in [0.717, 1.165) is 11.8 Å². The first kappa shape index (κ1) is 14.0. The molecule has 0 saturated heterocycles. The molecule has 0 spiro atoms. The fourth-order valence-electron chi connectivity index (χ4n) is 5.25. The summed E-state index contributed by atoms with van der Waals surface area (Å²) in [5, 5.41) is 0. The second kappa shape index (κ2) is 5.53. The Balaban J connectivity index is 1.38. The van der Waals surface area contributed by atoms with Gasteiger partial charge in [0.1, 0.15) is 0 Å². The van der Waals surface area contributed by atoms with Crippen molar-refractivity contribution in [2.75, 3.05) is 6.61 Å². The molecule has 4 aliphatic carbocycles. The molecule has 0 amide bonds. The Kier molecular flexibility index (Phi) is 3.51. The van der Waals surface area contributed by atoms with Crippen molar-refractivity contribution in [2.24, 2.45) is 29.6 Å². The highest BCUT2D eigenvalue weighted by Gasteiger charge is 2.51. The van der Waals surface area contributed by atoms with Gasteiger partial charge in [-0.15, -0.1) is 0 Å². The van der Waals surface area contributed by atoms with Gasteiger partial charge in [0, 0.05) is 5.56 Å². The van der Waals surface area contributed by atoms with Crippen LogP contribution in [0, 0.1) is 29.6 Å². The summed E-state index contributed by atoms with van der Waals surface area (Å²) in [6.45, 7) is -0.119. The van der Waals surface area contributed by atoms with Crippen molar-refractivity contribution in [3.8, 4) is 0 Å². The molecule has 0 radical (unpaired) electrons. The molecule has 4 aliphatic rings. The van der Waals surface area contributed by atoms with E-state index < -0.39 is 0 Å². The van der Waals surface area contributed by atoms with Crippen LogP contribution in [0.25, 0.3) is 0 Å². The molecule has 1 aromatic rings. The SMILES string of the molecule is O=C(COC(=O)C1C2CC3CC(C2)CC1C3)c1ccccc1. The predicted molar refractivity (Wildman–Crippen MR) is 82.3 cm³/mol. The van der Waals surface area contributed by atoms with E-state index in [9.17, 15) is 9.59 Å². The largest absolute Gasteiger partial charge is 0.457 e. The van der Waals surface area contributed by atoms with E-state index in [1.54, 1.807) is 12.1 Å². The van der Waals surface area contributed by atoms with Crippen LogP contribution in [0.4, 0.5) is 0 Å². The summed E-state index contributed by atoms with van der Waals surface area (Å²) in [6.07, 6.45) is 6.15. The minimum Gasteiger partial charge on any atom is -0.457 e. The number of Topliss-reactive ketones (excluding diaryl/α,β-unsaturated/α-hetero) is 1. The Labute approximate surface area is 131 Å². The number of benzene rings is 1. The molecule has 0 N–H and O–H groups in total. The second-order valence-corrected chi connectivity index (χ2v) is 7.35. The third-order valence-corrected chi connectivity index (χ3v) is 5.94. The molecule has 4 saturated carbocycles. The Morgan fingerprint density at radius 3 is 2.09 bits per heavy atom. The lowest BCUT2D eigenvalue weighted by atomic mass is 9.52. The van der Waals surface area contributed by atoms with E-state index in [1.165, 1.54) is 32.1 Å². The monoisotopic (exact) mass is 298 g/mol. The van der Waals surface area contributed by atoms with Crippen LogP contribution in [0.15, 0.2) is 30.3 Å². The van der Waals surface area contributed by atoms with Crippen molar-refractivity contribution in [3.05, 3.63) is 35.9 Å². The number of hydrogen-bond donors (Lipinski definition) is 0. The molecule has 0 aromatic heterocycles. The van der Waals surface area contributed by atoms with Gasteiger partial charge in [-0.2, -0.15) is 0 Å². The average Bonchev–Trinajstić information content (AvgIpc) is 2.52. The molecule has 4 fully saturated rings. The molecule has 1 aromatic carbocycles. The van der Waals surface area contributed by atoms with Crippen LogP contribution in [0.5, 0.6) is 0 Å². The zero-order valence-corrected chi connectivity index (χ0v) is 12.7. The van der Waals surface area contributed by atoms with Gasteiger partial charge in [-0.1, -0.05) is 30.3 Å². The molecule has 0 atom stereocenters. The van der Waals surface area contributed by atoms with E-state index in [2.05, 4.69) is 0 Å². The van der Waals surface area contributed by atoms with E-state index in [0.29, 0.717) is 17.4 Å². The van der Waals surface area contributed by atoms with Crippen molar-refractivity contribution >= 4 is 11.8 Å². The van der Waals surface area contributed by atoms with Gasteiger partial charge < -0.3 is 4.74 Å². The average molecular weight is 298 g/mol. The van der Waals surface area contributed by atoms with Crippen LogP contribution in [0.1, 0.15) is 42.5 Å². The maximum atomic E-state index is 12.5. The standard InChI is InChI=1S/C19H22O3/c20-17(14-4-2-1-3-5-14)11-22-19(21)18-15-7-12-6-13(9-15)10-16(18)8-12/h1-5,12-13,15-16,18H,6-11H2. The maximum Gasteiger partial charge on any atom is 0.309 e. The number of rotatable bonds is 4. The van der Waals surface area contributed by atoms with E-state index in [4.69, 9.17) is 4.74 Å². The maximum absolute atomic E-state index is 12.5. The molecule has 0 aliphatic heterocycles. The number of hydrogen-bond acceptors (Lipinski definition) is 3. The van der Waals surface area contributed by atoms with Crippen LogP contribution in [-0.2, 0) is 9.53 Å². The summed E-state index contributed by atoms with van der Waals surface area (Å²) in [4.78, 5) is 24.6. The number of carbonyl (C=O) groups excluding carboxylic acids is 2. The Bertz CT molecular complexity index is 550. The molecule has 4 bridgehead atoms. The van der Waals surface area contributed by atoms with Crippen LogP contribution in [-0.4, -0.2) is 18.4 Å². The fraction of sp³-hybridized carbons (Fsp3) is 0.579. The Morgan fingerprint density at radius 1 is 0.909 bits per heavy atom. The summed E-state index contributed by atoms with van der Waals surface area (Å²) in [7, 11) is 0. The third kappa shape index (κ3) is 2.47. The first-order valence-corrected chi connectivity index (χ1v) is 8.45. The van der Waals surface area contributed by atoms with Gasteiger partial charge in [0.25, 0.3) is 0 Å². The second-order valence-electron chi connectivity index (χ2n) is 7.35. The first-order valence-electron chi connectivity index (χ1n) is 8.45. The zero-order valence-electron chi connectivity index (χ0n) is 12.7. The fourth-order valence-corrected chi connectivity index (χ4v) is 5.25. The predicted octanol–water partition coefficient (Wildman–Crippen LogP) is 3.48. The van der Waals surface area contributed by atoms with Crippen molar-refractivity contribution < 1.29 is 14.3 Å². The zero-order chi connectivity index (χ0) is 15.1. The third-order valence-electron chi connectivity index (χ3n) is 5.94. The lowest BCUT2D eigenvalue weighted by Crippen LogP contribution is -2.48. The van der Waals surface area contributed by atoms with Crippen molar-refractivity contribution in [3.63, 3.8) is 0 Å². The van der Waals surface area contributed by atoms with Gasteiger partial charge in [0.05, 0.1) is 5.92 Å². The topological polar surface area (TPSA) is 43.4 Å². The summed E-state index contributed by atoms with van der Waals surface area (Å²) in [6, 6.07) is 9.05. The van der Waals surface area contributed by atoms with Gasteiger partial charge in [-0.05, 0) is 55.8 Å². The quantitative estimate of drug-likeness (QED) is 0.631. The molecule has 3 nitrogen and oxygen atoms in total. The van der Waals surface area contributed by atoms with Crippen LogP contribution >= 0.6 is 0 Å². The molecule has 0 unspecified atom stereocenters. The highest BCUT2D eigenvalue weighted by atomic mass is 16.5.